The van der Waals surface area contributed by atoms with Gasteiger partial charge in [-0.2, -0.15) is 5.10 Å². The number of rotatable bonds is 4. The molecule has 1 unspecified atom stereocenters. The molecular formula is C27H22N6OS. The maximum atomic E-state index is 11.8. The minimum Gasteiger partial charge on any atom is -0.353 e. The molecule has 172 valence electrons. The first kappa shape index (κ1) is 20.3. The lowest BCUT2D eigenvalue weighted by Crippen LogP contribution is -2.24. The first-order valence-corrected chi connectivity index (χ1v) is 12.4. The summed E-state index contributed by atoms with van der Waals surface area (Å²) in [6.45, 7) is 3.62. The summed E-state index contributed by atoms with van der Waals surface area (Å²) in [5, 5.41) is 11.1. The lowest BCUT2D eigenvalue weighted by Gasteiger charge is -2.04. The van der Waals surface area contributed by atoms with Crippen LogP contribution in [0.4, 0.5) is 0 Å². The molecule has 2 N–H and O–H groups in total. The van der Waals surface area contributed by atoms with Gasteiger partial charge in [0.2, 0.25) is 0 Å². The lowest BCUT2D eigenvalue weighted by atomic mass is 10.1. The molecule has 0 spiro atoms. The molecule has 5 heterocycles. The fraction of sp³-hybridized carbons (Fsp3) is 0.185. The number of allylic oxidation sites excluding steroid dienone is 2. The van der Waals surface area contributed by atoms with Crippen molar-refractivity contribution < 1.29 is 4.79 Å². The van der Waals surface area contributed by atoms with Gasteiger partial charge in [0.25, 0.3) is 0 Å². The van der Waals surface area contributed by atoms with Gasteiger partial charge in [0, 0.05) is 40.9 Å². The molecule has 2 aliphatic rings. The van der Waals surface area contributed by atoms with Gasteiger partial charge in [-0.1, -0.05) is 11.6 Å². The molecule has 7 rings (SSSR count). The Kier molecular flexibility index (Phi) is 4.20. The number of carbonyl (C=O) groups is 1. The van der Waals surface area contributed by atoms with Gasteiger partial charge in [-0.15, -0.1) is 11.3 Å². The van der Waals surface area contributed by atoms with Crippen LogP contribution in [0.2, 0.25) is 0 Å². The average Bonchev–Trinajstić information content (AvgIpc) is 3.22. The molecule has 1 atom stereocenters. The molecule has 0 saturated heterocycles. The molecule has 0 aromatic carbocycles. The second-order valence-electron chi connectivity index (χ2n) is 9.23. The van der Waals surface area contributed by atoms with Gasteiger partial charge in [-0.3, -0.25) is 14.9 Å². The van der Waals surface area contributed by atoms with Gasteiger partial charge in [0.1, 0.15) is 11.5 Å². The van der Waals surface area contributed by atoms with E-state index in [1.54, 1.807) is 13.1 Å². The van der Waals surface area contributed by atoms with Crippen molar-refractivity contribution in [2.24, 2.45) is 13.0 Å². The quantitative estimate of drug-likeness (QED) is 0.382. The highest BCUT2D eigenvalue weighted by atomic mass is 32.1. The molecule has 0 amide bonds. The van der Waals surface area contributed by atoms with Crippen molar-refractivity contribution in [2.45, 2.75) is 20.3 Å². The third-order valence-electron chi connectivity index (χ3n) is 7.05. The summed E-state index contributed by atoms with van der Waals surface area (Å²) in [4.78, 5) is 26.2. The zero-order valence-electron chi connectivity index (χ0n) is 19.5. The number of Topliss-reactive ketones (excluding diaryl/α,β-unsaturated/α-hetero) is 1. The second-order valence-corrected chi connectivity index (χ2v) is 10.3. The Balaban J connectivity index is 1.39. The van der Waals surface area contributed by atoms with E-state index in [2.05, 4.69) is 49.9 Å². The third kappa shape index (κ3) is 3.10. The topological polar surface area (TPSA) is 92.2 Å². The Morgan fingerprint density at radius 3 is 2.86 bits per heavy atom. The van der Waals surface area contributed by atoms with E-state index in [0.29, 0.717) is 5.92 Å². The minimum absolute atomic E-state index is 0.0702. The predicted octanol–water partition coefficient (Wildman–Crippen LogP) is 3.97. The number of aromatic nitrogens is 6. The SMILES string of the molecule is CC(=O)c1ccc(-c2nccc3[nH]c(-c4n[nH]c5c4=CC(c4cnc(C)n4C)=C4CC4C=5)cc23)s1. The Morgan fingerprint density at radius 1 is 1.20 bits per heavy atom. The van der Waals surface area contributed by atoms with Crippen LogP contribution in [0.25, 0.3) is 50.6 Å². The zero-order chi connectivity index (χ0) is 23.8. The maximum Gasteiger partial charge on any atom is 0.169 e. The van der Waals surface area contributed by atoms with E-state index < -0.39 is 0 Å². The van der Waals surface area contributed by atoms with Gasteiger partial charge in [-0.25, -0.2) is 4.98 Å². The van der Waals surface area contributed by atoms with Crippen molar-refractivity contribution in [3.8, 4) is 22.0 Å². The number of thiophene rings is 1. The number of aromatic amines is 2. The van der Waals surface area contributed by atoms with Crippen LogP contribution in [-0.2, 0) is 7.05 Å². The van der Waals surface area contributed by atoms with Gasteiger partial charge in [0.05, 0.1) is 38.4 Å². The van der Waals surface area contributed by atoms with E-state index in [1.807, 2.05) is 31.3 Å². The van der Waals surface area contributed by atoms with Crippen molar-refractivity contribution in [1.29, 1.82) is 0 Å². The van der Waals surface area contributed by atoms with E-state index in [-0.39, 0.29) is 5.78 Å². The number of nitrogens with one attached hydrogen (secondary N) is 2. The van der Waals surface area contributed by atoms with Crippen molar-refractivity contribution >= 4 is 45.7 Å². The number of pyridine rings is 1. The molecule has 0 radical (unpaired) electrons. The fourth-order valence-electron chi connectivity index (χ4n) is 4.95. The maximum absolute atomic E-state index is 11.8. The summed E-state index contributed by atoms with van der Waals surface area (Å²) in [7, 11) is 2.07. The zero-order valence-corrected chi connectivity index (χ0v) is 20.3. The Hall–Kier alpha value is -4.04. The highest BCUT2D eigenvalue weighted by Crippen LogP contribution is 2.45. The van der Waals surface area contributed by atoms with Crippen LogP contribution in [0.1, 0.15) is 34.5 Å². The lowest BCUT2D eigenvalue weighted by molar-refractivity contribution is 0.102. The van der Waals surface area contributed by atoms with Crippen molar-refractivity contribution in [3.63, 3.8) is 0 Å². The van der Waals surface area contributed by atoms with Gasteiger partial charge in [-0.05, 0) is 50.6 Å². The number of H-pyrrole nitrogens is 2. The minimum atomic E-state index is 0.0702. The van der Waals surface area contributed by atoms with Crippen LogP contribution in [0.3, 0.4) is 0 Å². The number of hydrogen-bond donors (Lipinski definition) is 2. The molecule has 1 fully saturated rings. The number of aryl methyl sites for hydroxylation is 1. The number of ketones is 1. The molecule has 35 heavy (non-hydrogen) atoms. The van der Waals surface area contributed by atoms with E-state index >= 15 is 0 Å². The standard InChI is InChI=1S/C27H22N6OS/c1-13(34)24-4-5-25(35-24)27-19-11-22(30-20(19)6-7-28-27)26-18-10-17(23-12-29-14(2)33(23)3)16-8-15(16)9-21(18)31-32-26/h4-7,9-12,15,30-31H,8H2,1-3H3. The molecule has 5 aromatic rings. The second kappa shape index (κ2) is 7.23. The largest absolute Gasteiger partial charge is 0.353 e. The molecule has 1 saturated carbocycles. The summed E-state index contributed by atoms with van der Waals surface area (Å²) in [6, 6.07) is 7.93. The first-order chi connectivity index (χ1) is 17.0. The van der Waals surface area contributed by atoms with Crippen LogP contribution in [0.5, 0.6) is 0 Å². The number of hydrogen-bond acceptors (Lipinski definition) is 5. The third-order valence-corrected chi connectivity index (χ3v) is 8.24. The van der Waals surface area contributed by atoms with Gasteiger partial charge >= 0.3 is 0 Å². The van der Waals surface area contributed by atoms with Gasteiger partial charge in [0.15, 0.2) is 5.78 Å². The van der Waals surface area contributed by atoms with Crippen LogP contribution < -0.4 is 10.6 Å². The molecule has 0 aliphatic heterocycles. The summed E-state index contributed by atoms with van der Waals surface area (Å²) in [5.74, 6) is 1.51. The number of imidazole rings is 1. The molecular weight excluding hydrogens is 456 g/mol. The van der Waals surface area contributed by atoms with Crippen LogP contribution in [0.15, 0.2) is 42.2 Å². The summed E-state index contributed by atoms with van der Waals surface area (Å²) < 4.78 is 2.15. The van der Waals surface area contributed by atoms with E-state index in [4.69, 9.17) is 5.10 Å². The Morgan fingerprint density at radius 2 is 2.09 bits per heavy atom. The van der Waals surface area contributed by atoms with Gasteiger partial charge < -0.3 is 9.55 Å². The average molecular weight is 479 g/mol. The highest BCUT2D eigenvalue weighted by molar-refractivity contribution is 7.17. The number of carbonyl (C=O) groups excluding carboxylic acids is 1. The Labute approximate surface area is 204 Å². The molecule has 0 bridgehead atoms. The molecule has 2 aliphatic carbocycles. The van der Waals surface area contributed by atoms with Crippen LogP contribution >= 0.6 is 11.3 Å². The first-order valence-electron chi connectivity index (χ1n) is 11.6. The van der Waals surface area contributed by atoms with Crippen molar-refractivity contribution in [2.75, 3.05) is 0 Å². The van der Waals surface area contributed by atoms with Crippen LogP contribution in [0, 0.1) is 12.8 Å². The number of nitrogens with zero attached hydrogens (tertiary/aromatic N) is 4. The van der Waals surface area contributed by atoms with Crippen molar-refractivity contribution in [1.82, 2.24) is 29.7 Å². The smallest absolute Gasteiger partial charge is 0.169 e. The predicted molar refractivity (Wildman–Crippen MR) is 138 cm³/mol. The van der Waals surface area contributed by atoms with Crippen molar-refractivity contribution in [3.05, 3.63) is 69.2 Å². The summed E-state index contributed by atoms with van der Waals surface area (Å²) in [6.07, 6.45) is 9.39. The molecule has 5 aromatic heterocycles. The number of fused-ring (bicyclic) bond motifs is 3. The van der Waals surface area contributed by atoms with E-state index in [0.717, 1.165) is 66.2 Å². The fourth-order valence-corrected chi connectivity index (χ4v) is 5.86. The Bertz CT molecular complexity index is 1840. The highest BCUT2D eigenvalue weighted by Gasteiger charge is 2.33. The summed E-state index contributed by atoms with van der Waals surface area (Å²) >= 11 is 1.47. The molecule has 7 nitrogen and oxygen atoms in total. The monoisotopic (exact) mass is 478 g/mol. The van der Waals surface area contributed by atoms with Crippen LogP contribution in [-0.4, -0.2) is 35.5 Å². The van der Waals surface area contributed by atoms with E-state index in [9.17, 15) is 4.79 Å². The summed E-state index contributed by atoms with van der Waals surface area (Å²) in [5.41, 5.74) is 7.49. The molecule has 8 heteroatoms. The van der Waals surface area contributed by atoms with E-state index in [1.165, 1.54) is 22.5 Å². The normalized spacial score (nSPS) is 16.5.